The quantitative estimate of drug-likeness (QED) is 0.379. The summed E-state index contributed by atoms with van der Waals surface area (Å²) in [6, 6.07) is -0.0926. The van der Waals surface area contributed by atoms with Crippen LogP contribution in [0.25, 0.3) is 0 Å². The maximum Gasteiger partial charge on any atom is 0.410 e. The lowest BCUT2D eigenvalue weighted by atomic mass is 10.3. The zero-order valence-corrected chi connectivity index (χ0v) is 8.01. The molecule has 0 aliphatic carbocycles. The van der Waals surface area contributed by atoms with E-state index in [1.165, 1.54) is 4.90 Å². The van der Waals surface area contributed by atoms with E-state index in [-0.39, 0.29) is 12.2 Å². The third-order valence-electron chi connectivity index (χ3n) is 1.39. The van der Waals surface area contributed by atoms with Crippen LogP contribution < -0.4 is 0 Å². The summed E-state index contributed by atoms with van der Waals surface area (Å²) in [4.78, 5) is 12.4. The number of rotatable bonds is 5. The van der Waals surface area contributed by atoms with Gasteiger partial charge in [-0.3, -0.25) is 0 Å². The minimum absolute atomic E-state index is 0.0926. The predicted octanol–water partition coefficient (Wildman–Crippen LogP) is 2.22. The molecule has 0 bridgehead atoms. The van der Waals surface area contributed by atoms with Gasteiger partial charge in [-0.05, 0) is 12.8 Å². The molecule has 0 aromatic rings. The second-order valence-electron chi connectivity index (χ2n) is 2.37. The van der Waals surface area contributed by atoms with Gasteiger partial charge >= 0.3 is 6.09 Å². The Kier molecular flexibility index (Phi) is 6.57. The van der Waals surface area contributed by atoms with Gasteiger partial charge in [0.1, 0.15) is 0 Å². The summed E-state index contributed by atoms with van der Waals surface area (Å²) in [5, 5.41) is 0. The van der Waals surface area contributed by atoms with Crippen molar-refractivity contribution < 1.29 is 9.53 Å². The largest absolute Gasteiger partial charge is 0.433 e. The van der Waals surface area contributed by atoms with Gasteiger partial charge in [0, 0.05) is 13.6 Å². The third kappa shape index (κ3) is 5.02. The van der Waals surface area contributed by atoms with Crippen LogP contribution in [0.1, 0.15) is 12.8 Å². The molecule has 4 heteroatoms. The number of carbonyl (C=O) groups excluding carboxylic acids is 1. The molecule has 0 fully saturated rings. The molecule has 0 N–H and O–H groups in total. The highest BCUT2D eigenvalue weighted by Gasteiger charge is 2.07. The summed E-state index contributed by atoms with van der Waals surface area (Å²) in [7, 11) is 1.68. The van der Waals surface area contributed by atoms with Crippen molar-refractivity contribution in [1.29, 1.82) is 0 Å². The molecule has 0 atom stereocenters. The molecule has 0 saturated carbocycles. The van der Waals surface area contributed by atoms with Crippen molar-refractivity contribution in [3.63, 3.8) is 0 Å². The molecule has 0 spiro atoms. The van der Waals surface area contributed by atoms with E-state index >= 15 is 0 Å². The Morgan fingerprint density at radius 3 is 2.92 bits per heavy atom. The minimum Gasteiger partial charge on any atom is -0.433 e. The number of nitrogens with zero attached hydrogens (tertiary/aromatic N) is 1. The number of carbonyl (C=O) groups is 1. The maximum absolute atomic E-state index is 10.9. The first-order valence-corrected chi connectivity index (χ1v) is 4.30. The van der Waals surface area contributed by atoms with Gasteiger partial charge in [-0.1, -0.05) is 17.7 Å². The number of hydrogen-bond acceptors (Lipinski definition) is 2. The number of halogens is 1. The van der Waals surface area contributed by atoms with Crippen LogP contribution in [0.2, 0.25) is 0 Å². The van der Waals surface area contributed by atoms with Gasteiger partial charge in [0.2, 0.25) is 0 Å². The van der Waals surface area contributed by atoms with Gasteiger partial charge in [0.15, 0.2) is 6.07 Å². The molecular weight excluding hydrogens is 178 g/mol. The van der Waals surface area contributed by atoms with E-state index in [4.69, 9.17) is 11.6 Å². The summed E-state index contributed by atoms with van der Waals surface area (Å²) < 4.78 is 4.56. The molecule has 0 aliphatic rings. The first kappa shape index (κ1) is 11.3. The predicted molar refractivity (Wildman–Crippen MR) is 49.3 cm³/mol. The lowest BCUT2D eigenvalue weighted by Gasteiger charge is -2.14. The monoisotopic (exact) mass is 191 g/mol. The molecule has 0 aliphatic heterocycles. The first-order chi connectivity index (χ1) is 5.72. The van der Waals surface area contributed by atoms with Crippen molar-refractivity contribution in [3.8, 4) is 0 Å². The normalized spacial score (nSPS) is 9.17. The summed E-state index contributed by atoms with van der Waals surface area (Å²) in [6.07, 6.45) is 3.24. The van der Waals surface area contributed by atoms with E-state index in [1.54, 1.807) is 7.05 Å². The molecule has 0 unspecified atom stereocenters. The molecular formula is C8H14ClNO2. The van der Waals surface area contributed by atoms with E-state index in [0.29, 0.717) is 6.54 Å². The van der Waals surface area contributed by atoms with Crippen molar-refractivity contribution in [2.24, 2.45) is 0 Å². The Morgan fingerprint density at radius 2 is 2.42 bits per heavy atom. The van der Waals surface area contributed by atoms with Gasteiger partial charge in [-0.25, -0.2) is 4.79 Å². The molecule has 0 rings (SSSR count). The summed E-state index contributed by atoms with van der Waals surface area (Å²) in [5.74, 6) is 0. The van der Waals surface area contributed by atoms with E-state index < -0.39 is 0 Å². The zero-order valence-electron chi connectivity index (χ0n) is 7.25. The smallest absolute Gasteiger partial charge is 0.410 e. The maximum atomic E-state index is 10.9. The molecule has 3 nitrogen and oxygen atoms in total. The zero-order chi connectivity index (χ0) is 9.40. The summed E-state index contributed by atoms with van der Waals surface area (Å²) in [6.45, 7) is 4.25. The van der Waals surface area contributed by atoms with Gasteiger partial charge in [-0.15, -0.1) is 6.58 Å². The highest BCUT2D eigenvalue weighted by molar-refractivity contribution is 6.17. The average Bonchev–Trinajstić information content (AvgIpc) is 2.05. The summed E-state index contributed by atoms with van der Waals surface area (Å²) in [5.41, 5.74) is 0. The average molecular weight is 192 g/mol. The SMILES string of the molecule is C=CCCCN(C)C(=O)OCCl. The van der Waals surface area contributed by atoms with Crippen molar-refractivity contribution in [3.05, 3.63) is 12.7 Å². The molecule has 0 saturated heterocycles. The van der Waals surface area contributed by atoms with Crippen LogP contribution in [0.4, 0.5) is 4.79 Å². The Morgan fingerprint density at radius 1 is 1.75 bits per heavy atom. The Labute approximate surface area is 77.9 Å². The molecule has 0 aromatic carbocycles. The second-order valence-corrected chi connectivity index (χ2v) is 2.59. The van der Waals surface area contributed by atoms with E-state index in [9.17, 15) is 4.79 Å². The highest BCUT2D eigenvalue weighted by Crippen LogP contribution is 1.96. The van der Waals surface area contributed by atoms with Crippen LogP contribution in [0.15, 0.2) is 12.7 Å². The standard InChI is InChI=1S/C8H14ClNO2/c1-3-4-5-6-10(2)8(11)12-7-9/h3H,1,4-7H2,2H3. The van der Waals surface area contributed by atoms with Crippen LogP contribution in [0.5, 0.6) is 0 Å². The second kappa shape index (κ2) is 6.98. The van der Waals surface area contributed by atoms with Crippen LogP contribution >= 0.6 is 11.6 Å². The van der Waals surface area contributed by atoms with Crippen molar-refractivity contribution in [2.75, 3.05) is 19.7 Å². The topological polar surface area (TPSA) is 29.5 Å². The van der Waals surface area contributed by atoms with E-state index in [0.717, 1.165) is 12.8 Å². The van der Waals surface area contributed by atoms with Crippen molar-refractivity contribution in [1.82, 2.24) is 4.90 Å². The Hall–Kier alpha value is -0.700. The fraction of sp³-hybridized carbons (Fsp3) is 0.625. The number of alkyl halides is 1. The first-order valence-electron chi connectivity index (χ1n) is 3.77. The highest BCUT2D eigenvalue weighted by atomic mass is 35.5. The van der Waals surface area contributed by atoms with Crippen LogP contribution in [-0.2, 0) is 4.74 Å². The fourth-order valence-electron chi connectivity index (χ4n) is 0.721. The van der Waals surface area contributed by atoms with E-state index in [1.807, 2.05) is 6.08 Å². The molecule has 0 heterocycles. The number of amides is 1. The van der Waals surface area contributed by atoms with Gasteiger partial charge in [0.05, 0.1) is 0 Å². The summed E-state index contributed by atoms with van der Waals surface area (Å²) >= 11 is 5.22. The van der Waals surface area contributed by atoms with Crippen LogP contribution in [-0.4, -0.2) is 30.7 Å². The van der Waals surface area contributed by atoms with Gasteiger partial charge in [0.25, 0.3) is 0 Å². The Bertz CT molecular complexity index is 150. The van der Waals surface area contributed by atoms with Gasteiger partial charge in [-0.2, -0.15) is 0 Å². The number of unbranched alkanes of at least 4 members (excludes halogenated alkanes) is 1. The molecule has 70 valence electrons. The van der Waals surface area contributed by atoms with Crippen LogP contribution in [0, 0.1) is 0 Å². The molecule has 12 heavy (non-hydrogen) atoms. The van der Waals surface area contributed by atoms with E-state index in [2.05, 4.69) is 11.3 Å². The number of ether oxygens (including phenoxy) is 1. The molecule has 1 amide bonds. The van der Waals surface area contributed by atoms with Crippen LogP contribution in [0.3, 0.4) is 0 Å². The molecule has 0 radical (unpaired) electrons. The number of hydrogen-bond donors (Lipinski definition) is 0. The van der Waals surface area contributed by atoms with Crippen molar-refractivity contribution >= 4 is 17.7 Å². The fourth-order valence-corrected chi connectivity index (χ4v) is 0.814. The lowest BCUT2D eigenvalue weighted by Crippen LogP contribution is -2.28. The minimum atomic E-state index is -0.380. The van der Waals surface area contributed by atoms with Crippen molar-refractivity contribution in [2.45, 2.75) is 12.8 Å². The Balaban J connectivity index is 3.49. The van der Waals surface area contributed by atoms with Gasteiger partial charge < -0.3 is 9.64 Å². The number of allylic oxidation sites excluding steroid dienone is 1. The molecule has 0 aromatic heterocycles. The third-order valence-corrected chi connectivity index (χ3v) is 1.50. The lowest BCUT2D eigenvalue weighted by molar-refractivity contribution is 0.127.